The molecule has 6 heteroatoms. The van der Waals surface area contributed by atoms with Gasteiger partial charge in [0.25, 0.3) is 0 Å². The normalized spacial score (nSPS) is 11.0. The van der Waals surface area contributed by atoms with Gasteiger partial charge in [0.15, 0.2) is 5.16 Å². The van der Waals surface area contributed by atoms with Crippen molar-refractivity contribution in [2.75, 3.05) is 7.11 Å². The number of aryl methyl sites for hydroxylation is 1. The van der Waals surface area contributed by atoms with Gasteiger partial charge < -0.3 is 15.5 Å². The second-order valence-corrected chi connectivity index (χ2v) is 5.67. The smallest absolute Gasteiger partial charge is 0.172 e. The van der Waals surface area contributed by atoms with Gasteiger partial charge in [-0.05, 0) is 41.9 Å². The van der Waals surface area contributed by atoms with E-state index >= 15 is 0 Å². The first kappa shape index (κ1) is 13.9. The van der Waals surface area contributed by atoms with Gasteiger partial charge in [0.1, 0.15) is 10.8 Å². The number of H-pyrrole nitrogens is 1. The van der Waals surface area contributed by atoms with Crippen molar-refractivity contribution in [2.45, 2.75) is 23.7 Å². The van der Waals surface area contributed by atoms with Gasteiger partial charge in [0.2, 0.25) is 0 Å². The molecule has 3 N–H and O–H groups in total. The summed E-state index contributed by atoms with van der Waals surface area (Å²) in [7, 11) is 1.65. The van der Waals surface area contributed by atoms with E-state index in [1.807, 2.05) is 25.1 Å². The first-order valence-corrected chi connectivity index (χ1v) is 7.38. The summed E-state index contributed by atoms with van der Waals surface area (Å²) in [6, 6.07) is 7.83. The fraction of sp³-hybridized carbons (Fsp3) is 0.200. The Balaban J connectivity index is 1.91. The number of hydrogen-bond acceptors (Lipinski definition) is 5. The van der Waals surface area contributed by atoms with Crippen molar-refractivity contribution in [1.82, 2.24) is 15.0 Å². The lowest BCUT2D eigenvalue weighted by atomic mass is 10.2. The Kier molecular flexibility index (Phi) is 3.81. The molecule has 0 bridgehead atoms. The van der Waals surface area contributed by atoms with E-state index in [9.17, 15) is 0 Å². The Morgan fingerprint density at radius 1 is 1.33 bits per heavy atom. The zero-order valence-electron chi connectivity index (χ0n) is 11.9. The molecule has 0 saturated heterocycles. The molecule has 0 saturated carbocycles. The summed E-state index contributed by atoms with van der Waals surface area (Å²) in [5.74, 6) is 0.810. The van der Waals surface area contributed by atoms with Crippen molar-refractivity contribution in [2.24, 2.45) is 5.73 Å². The third-order valence-electron chi connectivity index (χ3n) is 3.18. The van der Waals surface area contributed by atoms with Gasteiger partial charge in [-0.1, -0.05) is 6.07 Å². The summed E-state index contributed by atoms with van der Waals surface area (Å²) >= 11 is 1.51. The average Bonchev–Trinajstić information content (AvgIpc) is 2.90. The molecule has 0 aliphatic heterocycles. The standard InChI is InChI=1S/C15H16N4OS/c1-9-5-10(7-16)8-17-14(9)21-15-18-12-4-3-11(20-2)6-13(12)19-15/h3-6,8H,7,16H2,1-2H3,(H,18,19). The maximum absolute atomic E-state index is 5.62. The molecule has 21 heavy (non-hydrogen) atoms. The predicted octanol–water partition coefficient (Wildman–Crippen LogP) is 2.88. The van der Waals surface area contributed by atoms with Crippen LogP contribution in [-0.2, 0) is 6.54 Å². The van der Waals surface area contributed by atoms with Gasteiger partial charge in [0, 0.05) is 18.8 Å². The van der Waals surface area contributed by atoms with Crippen LogP contribution in [0.5, 0.6) is 5.75 Å². The third kappa shape index (κ3) is 2.86. The zero-order chi connectivity index (χ0) is 14.8. The molecule has 0 amide bonds. The summed E-state index contributed by atoms with van der Waals surface area (Å²) < 4.78 is 5.22. The number of hydrogen-bond donors (Lipinski definition) is 2. The number of benzene rings is 1. The molecule has 0 aliphatic rings. The summed E-state index contributed by atoms with van der Waals surface area (Å²) in [6.45, 7) is 2.53. The lowest BCUT2D eigenvalue weighted by Gasteiger charge is -2.04. The molecule has 1 aromatic carbocycles. The first-order valence-electron chi connectivity index (χ1n) is 6.57. The van der Waals surface area contributed by atoms with E-state index in [2.05, 4.69) is 21.0 Å². The van der Waals surface area contributed by atoms with Crippen LogP contribution in [0.3, 0.4) is 0 Å². The molecule has 108 valence electrons. The molecule has 2 aromatic heterocycles. The van der Waals surface area contributed by atoms with E-state index in [0.29, 0.717) is 6.54 Å². The van der Waals surface area contributed by atoms with E-state index in [-0.39, 0.29) is 0 Å². The van der Waals surface area contributed by atoms with Crippen LogP contribution in [0.25, 0.3) is 11.0 Å². The van der Waals surface area contributed by atoms with Gasteiger partial charge in [-0.3, -0.25) is 0 Å². The SMILES string of the molecule is COc1ccc2nc(Sc3ncc(CN)cc3C)[nH]c2c1. The lowest BCUT2D eigenvalue weighted by Crippen LogP contribution is -1.98. The monoisotopic (exact) mass is 300 g/mol. The molecule has 3 aromatic rings. The minimum absolute atomic E-state index is 0.503. The fourth-order valence-corrected chi connectivity index (χ4v) is 2.88. The molecule has 0 radical (unpaired) electrons. The lowest BCUT2D eigenvalue weighted by molar-refractivity contribution is 0.415. The topological polar surface area (TPSA) is 76.8 Å². The number of nitrogens with one attached hydrogen (secondary N) is 1. The minimum atomic E-state index is 0.503. The van der Waals surface area contributed by atoms with Crippen molar-refractivity contribution in [3.63, 3.8) is 0 Å². The van der Waals surface area contributed by atoms with Crippen molar-refractivity contribution < 1.29 is 4.74 Å². The van der Waals surface area contributed by atoms with Crippen molar-refractivity contribution >= 4 is 22.8 Å². The van der Waals surface area contributed by atoms with E-state index in [0.717, 1.165) is 38.1 Å². The number of imidazole rings is 1. The summed E-state index contributed by atoms with van der Waals surface area (Å²) in [5, 5.41) is 1.74. The van der Waals surface area contributed by atoms with Crippen LogP contribution in [0.4, 0.5) is 0 Å². The number of nitrogens with zero attached hydrogens (tertiary/aromatic N) is 2. The molecule has 3 rings (SSSR count). The van der Waals surface area contributed by atoms with Crippen LogP contribution in [0.1, 0.15) is 11.1 Å². The molecular weight excluding hydrogens is 284 g/mol. The highest BCUT2D eigenvalue weighted by Gasteiger charge is 2.09. The van der Waals surface area contributed by atoms with Crippen LogP contribution in [0, 0.1) is 6.92 Å². The largest absolute Gasteiger partial charge is 0.497 e. The minimum Gasteiger partial charge on any atom is -0.497 e. The summed E-state index contributed by atoms with van der Waals surface area (Å²) in [4.78, 5) is 12.3. The van der Waals surface area contributed by atoms with Crippen LogP contribution in [-0.4, -0.2) is 22.1 Å². The summed E-state index contributed by atoms with van der Waals surface area (Å²) in [6.07, 6.45) is 1.81. The Morgan fingerprint density at radius 3 is 2.90 bits per heavy atom. The maximum atomic E-state index is 5.62. The zero-order valence-corrected chi connectivity index (χ0v) is 12.7. The number of methoxy groups -OCH3 is 1. The van der Waals surface area contributed by atoms with Crippen LogP contribution in [0.2, 0.25) is 0 Å². The molecule has 2 heterocycles. The Hall–Kier alpha value is -2.05. The molecule has 0 aliphatic carbocycles. The fourth-order valence-electron chi connectivity index (χ4n) is 2.07. The number of nitrogens with two attached hydrogens (primary N) is 1. The van der Waals surface area contributed by atoms with Crippen LogP contribution >= 0.6 is 11.8 Å². The number of rotatable bonds is 4. The van der Waals surface area contributed by atoms with E-state index < -0.39 is 0 Å². The Labute approximate surface area is 126 Å². The van der Waals surface area contributed by atoms with Crippen molar-refractivity contribution in [3.05, 3.63) is 41.6 Å². The van der Waals surface area contributed by atoms with Gasteiger partial charge >= 0.3 is 0 Å². The van der Waals surface area contributed by atoms with Crippen molar-refractivity contribution in [1.29, 1.82) is 0 Å². The van der Waals surface area contributed by atoms with E-state index in [1.165, 1.54) is 11.8 Å². The highest BCUT2D eigenvalue weighted by molar-refractivity contribution is 7.99. The highest BCUT2D eigenvalue weighted by atomic mass is 32.2. The molecule has 0 atom stereocenters. The number of aromatic amines is 1. The average molecular weight is 300 g/mol. The second-order valence-electron chi connectivity index (χ2n) is 4.70. The molecule has 0 fully saturated rings. The molecular formula is C15H16N4OS. The highest BCUT2D eigenvalue weighted by Crippen LogP contribution is 2.29. The molecule has 5 nitrogen and oxygen atoms in total. The number of pyridine rings is 1. The van der Waals surface area contributed by atoms with Gasteiger partial charge in [-0.25, -0.2) is 9.97 Å². The van der Waals surface area contributed by atoms with Gasteiger partial charge in [-0.2, -0.15) is 0 Å². The molecule has 0 spiro atoms. The van der Waals surface area contributed by atoms with Gasteiger partial charge in [-0.15, -0.1) is 0 Å². The first-order chi connectivity index (χ1) is 10.2. The van der Waals surface area contributed by atoms with Crippen LogP contribution in [0.15, 0.2) is 40.6 Å². The van der Waals surface area contributed by atoms with E-state index in [4.69, 9.17) is 10.5 Å². The quantitative estimate of drug-likeness (QED) is 0.774. The predicted molar refractivity (Wildman–Crippen MR) is 83.6 cm³/mol. The maximum Gasteiger partial charge on any atom is 0.172 e. The number of aromatic nitrogens is 3. The Bertz CT molecular complexity index is 784. The number of ether oxygens (including phenoxy) is 1. The van der Waals surface area contributed by atoms with Gasteiger partial charge in [0.05, 0.1) is 18.1 Å². The Morgan fingerprint density at radius 2 is 2.19 bits per heavy atom. The number of fused-ring (bicyclic) bond motifs is 1. The second kappa shape index (κ2) is 5.75. The third-order valence-corrected chi connectivity index (χ3v) is 4.19. The van der Waals surface area contributed by atoms with Crippen LogP contribution < -0.4 is 10.5 Å². The molecule has 0 unspecified atom stereocenters. The van der Waals surface area contributed by atoms with Crippen molar-refractivity contribution in [3.8, 4) is 5.75 Å². The van der Waals surface area contributed by atoms with E-state index in [1.54, 1.807) is 13.3 Å². The summed E-state index contributed by atoms with van der Waals surface area (Å²) in [5.41, 5.74) is 9.62.